The third-order valence-corrected chi connectivity index (χ3v) is 4.09. The van der Waals surface area contributed by atoms with Crippen molar-refractivity contribution in [3.8, 4) is 5.75 Å². The van der Waals surface area contributed by atoms with Crippen LogP contribution < -0.4 is 4.74 Å². The SMILES string of the molecule is COc1c(C)cc(C2CCc3nccn3C2)cc1C. The van der Waals surface area contributed by atoms with Gasteiger partial charge in [0.25, 0.3) is 0 Å². The van der Waals surface area contributed by atoms with Crippen LogP contribution in [0.15, 0.2) is 24.5 Å². The molecule has 1 aliphatic heterocycles. The summed E-state index contributed by atoms with van der Waals surface area (Å²) in [6.45, 7) is 5.29. The zero-order chi connectivity index (χ0) is 13.4. The summed E-state index contributed by atoms with van der Waals surface area (Å²) in [6.07, 6.45) is 6.25. The molecule has 2 heterocycles. The molecular formula is C16H20N2O. The Kier molecular flexibility index (Phi) is 3.05. The van der Waals surface area contributed by atoms with Gasteiger partial charge in [0, 0.05) is 31.3 Å². The molecule has 2 aromatic rings. The summed E-state index contributed by atoms with van der Waals surface area (Å²) in [5.74, 6) is 2.83. The Labute approximate surface area is 114 Å². The number of methoxy groups -OCH3 is 1. The fraction of sp³-hybridized carbons (Fsp3) is 0.438. The molecule has 0 spiro atoms. The molecular weight excluding hydrogens is 236 g/mol. The maximum Gasteiger partial charge on any atom is 0.124 e. The van der Waals surface area contributed by atoms with Crippen molar-refractivity contribution in [3.05, 3.63) is 47.0 Å². The zero-order valence-electron chi connectivity index (χ0n) is 11.8. The van der Waals surface area contributed by atoms with E-state index in [4.69, 9.17) is 4.74 Å². The van der Waals surface area contributed by atoms with Crippen molar-refractivity contribution in [2.75, 3.05) is 7.11 Å². The van der Waals surface area contributed by atoms with Gasteiger partial charge in [-0.1, -0.05) is 12.1 Å². The Hall–Kier alpha value is -1.77. The summed E-state index contributed by atoms with van der Waals surface area (Å²) >= 11 is 0. The van der Waals surface area contributed by atoms with Crippen LogP contribution in [0.4, 0.5) is 0 Å². The first-order chi connectivity index (χ1) is 9.19. The van der Waals surface area contributed by atoms with Gasteiger partial charge in [-0.15, -0.1) is 0 Å². The highest BCUT2D eigenvalue weighted by Gasteiger charge is 2.21. The van der Waals surface area contributed by atoms with Crippen LogP contribution in [0.5, 0.6) is 5.75 Å². The Morgan fingerprint density at radius 2 is 2.00 bits per heavy atom. The number of hydrogen-bond donors (Lipinski definition) is 0. The molecule has 0 aliphatic carbocycles. The Morgan fingerprint density at radius 3 is 2.68 bits per heavy atom. The molecule has 1 atom stereocenters. The van der Waals surface area contributed by atoms with Gasteiger partial charge in [-0.25, -0.2) is 4.98 Å². The van der Waals surface area contributed by atoms with E-state index in [1.807, 2.05) is 6.20 Å². The molecule has 1 aliphatic rings. The molecule has 19 heavy (non-hydrogen) atoms. The molecule has 0 amide bonds. The Balaban J connectivity index is 1.92. The van der Waals surface area contributed by atoms with Crippen molar-refractivity contribution in [1.29, 1.82) is 0 Å². The van der Waals surface area contributed by atoms with Crippen LogP contribution in [-0.4, -0.2) is 16.7 Å². The molecule has 0 N–H and O–H groups in total. The number of hydrogen-bond acceptors (Lipinski definition) is 2. The Morgan fingerprint density at radius 1 is 1.26 bits per heavy atom. The van der Waals surface area contributed by atoms with Gasteiger partial charge in [-0.05, 0) is 37.0 Å². The van der Waals surface area contributed by atoms with E-state index in [0.717, 1.165) is 18.7 Å². The lowest BCUT2D eigenvalue weighted by atomic mass is 9.89. The largest absolute Gasteiger partial charge is 0.496 e. The minimum Gasteiger partial charge on any atom is -0.496 e. The van der Waals surface area contributed by atoms with Crippen molar-refractivity contribution < 1.29 is 4.74 Å². The molecule has 1 aromatic carbocycles. The average molecular weight is 256 g/mol. The van der Waals surface area contributed by atoms with Crippen LogP contribution in [0.2, 0.25) is 0 Å². The third kappa shape index (κ3) is 2.14. The average Bonchev–Trinajstić information content (AvgIpc) is 2.85. The predicted molar refractivity (Wildman–Crippen MR) is 75.8 cm³/mol. The van der Waals surface area contributed by atoms with E-state index >= 15 is 0 Å². The molecule has 0 saturated heterocycles. The summed E-state index contributed by atoms with van der Waals surface area (Å²) < 4.78 is 7.73. The highest BCUT2D eigenvalue weighted by molar-refractivity contribution is 5.44. The van der Waals surface area contributed by atoms with Crippen LogP contribution in [0.3, 0.4) is 0 Å². The van der Waals surface area contributed by atoms with E-state index in [2.05, 4.69) is 41.7 Å². The van der Waals surface area contributed by atoms with Crippen LogP contribution in [0.1, 0.15) is 34.9 Å². The van der Waals surface area contributed by atoms with Crippen LogP contribution in [0.25, 0.3) is 0 Å². The smallest absolute Gasteiger partial charge is 0.124 e. The van der Waals surface area contributed by atoms with E-state index in [1.54, 1.807) is 7.11 Å². The summed E-state index contributed by atoms with van der Waals surface area (Å²) in [7, 11) is 1.74. The second-order valence-corrected chi connectivity index (χ2v) is 5.42. The van der Waals surface area contributed by atoms with Crippen LogP contribution in [-0.2, 0) is 13.0 Å². The van der Waals surface area contributed by atoms with E-state index in [1.165, 1.54) is 28.9 Å². The van der Waals surface area contributed by atoms with E-state index in [0.29, 0.717) is 5.92 Å². The number of aryl methyl sites for hydroxylation is 3. The molecule has 100 valence electrons. The highest BCUT2D eigenvalue weighted by atomic mass is 16.5. The molecule has 3 nitrogen and oxygen atoms in total. The first kappa shape index (κ1) is 12.3. The number of ether oxygens (including phenoxy) is 1. The zero-order valence-corrected chi connectivity index (χ0v) is 11.8. The molecule has 0 saturated carbocycles. The first-order valence-electron chi connectivity index (χ1n) is 6.84. The predicted octanol–water partition coefficient (Wildman–Crippen LogP) is 3.24. The quantitative estimate of drug-likeness (QED) is 0.824. The standard InChI is InChI=1S/C16H20N2O/c1-11-8-14(9-12(2)16(11)19-3)13-4-5-15-17-6-7-18(15)10-13/h6-9,13H,4-5,10H2,1-3H3. The lowest BCUT2D eigenvalue weighted by molar-refractivity contribution is 0.407. The van der Waals surface area contributed by atoms with Crippen LogP contribution in [0, 0.1) is 13.8 Å². The van der Waals surface area contributed by atoms with Crippen molar-refractivity contribution in [2.45, 2.75) is 39.2 Å². The lowest BCUT2D eigenvalue weighted by Crippen LogP contribution is -2.18. The Bertz CT molecular complexity index is 578. The van der Waals surface area contributed by atoms with Gasteiger partial charge in [-0.3, -0.25) is 0 Å². The molecule has 0 fully saturated rings. The minimum atomic E-state index is 0.588. The number of aromatic nitrogens is 2. The minimum absolute atomic E-state index is 0.588. The van der Waals surface area contributed by atoms with Crippen LogP contribution >= 0.6 is 0 Å². The summed E-state index contributed by atoms with van der Waals surface area (Å²) in [5.41, 5.74) is 3.89. The maximum atomic E-state index is 5.45. The summed E-state index contributed by atoms with van der Waals surface area (Å²) in [4.78, 5) is 4.39. The van der Waals surface area contributed by atoms with Gasteiger partial charge >= 0.3 is 0 Å². The second kappa shape index (κ2) is 4.72. The molecule has 0 radical (unpaired) electrons. The van der Waals surface area contributed by atoms with E-state index in [9.17, 15) is 0 Å². The van der Waals surface area contributed by atoms with Gasteiger partial charge in [0.05, 0.1) is 7.11 Å². The monoisotopic (exact) mass is 256 g/mol. The highest BCUT2D eigenvalue weighted by Crippen LogP contribution is 2.33. The number of fused-ring (bicyclic) bond motifs is 1. The van der Waals surface area contributed by atoms with E-state index in [-0.39, 0.29) is 0 Å². The van der Waals surface area contributed by atoms with Crippen molar-refractivity contribution in [3.63, 3.8) is 0 Å². The fourth-order valence-corrected chi connectivity index (χ4v) is 3.18. The molecule has 3 rings (SSSR count). The van der Waals surface area contributed by atoms with Gasteiger partial charge in [0.15, 0.2) is 0 Å². The van der Waals surface area contributed by atoms with Crippen molar-refractivity contribution in [2.24, 2.45) is 0 Å². The topological polar surface area (TPSA) is 27.1 Å². The van der Waals surface area contributed by atoms with E-state index < -0.39 is 0 Å². The number of nitrogens with zero attached hydrogens (tertiary/aromatic N) is 2. The van der Waals surface area contributed by atoms with Gasteiger partial charge < -0.3 is 9.30 Å². The summed E-state index contributed by atoms with van der Waals surface area (Å²) in [6, 6.07) is 4.55. The summed E-state index contributed by atoms with van der Waals surface area (Å²) in [5, 5.41) is 0. The second-order valence-electron chi connectivity index (χ2n) is 5.42. The van der Waals surface area contributed by atoms with Gasteiger partial charge in [0.1, 0.15) is 11.6 Å². The molecule has 1 aromatic heterocycles. The van der Waals surface area contributed by atoms with Gasteiger partial charge in [0.2, 0.25) is 0 Å². The number of rotatable bonds is 2. The lowest BCUT2D eigenvalue weighted by Gasteiger charge is -2.25. The molecule has 0 bridgehead atoms. The van der Waals surface area contributed by atoms with Crippen molar-refractivity contribution >= 4 is 0 Å². The molecule has 3 heteroatoms. The maximum absolute atomic E-state index is 5.45. The first-order valence-corrected chi connectivity index (χ1v) is 6.84. The molecule has 1 unspecified atom stereocenters. The number of benzene rings is 1. The fourth-order valence-electron chi connectivity index (χ4n) is 3.18. The number of imidazole rings is 1. The normalized spacial score (nSPS) is 18.2. The van der Waals surface area contributed by atoms with Crippen molar-refractivity contribution in [1.82, 2.24) is 9.55 Å². The van der Waals surface area contributed by atoms with Gasteiger partial charge in [-0.2, -0.15) is 0 Å². The third-order valence-electron chi connectivity index (χ3n) is 4.09.